The fourth-order valence-corrected chi connectivity index (χ4v) is 8.72. The van der Waals surface area contributed by atoms with Gasteiger partial charge in [0.05, 0.1) is 49.3 Å². The van der Waals surface area contributed by atoms with Crippen molar-refractivity contribution in [2.24, 2.45) is 35.3 Å². The molecule has 0 spiro atoms. The van der Waals surface area contributed by atoms with E-state index in [0.717, 1.165) is 5.56 Å². The molecule has 1 fully saturated rings. The van der Waals surface area contributed by atoms with Crippen molar-refractivity contribution in [1.82, 2.24) is 30.7 Å². The van der Waals surface area contributed by atoms with Crippen LogP contribution in [0.25, 0.3) is 0 Å². The Hall–Kier alpha value is -4.12. The number of ether oxygens (including phenoxy) is 3. The predicted molar refractivity (Wildman–Crippen MR) is 249 cm³/mol. The minimum Gasteiger partial charge on any atom is -0.464 e. The van der Waals surface area contributed by atoms with Gasteiger partial charge in [-0.3, -0.25) is 33.7 Å². The van der Waals surface area contributed by atoms with Crippen LogP contribution in [0.15, 0.2) is 30.3 Å². The van der Waals surface area contributed by atoms with Gasteiger partial charge in [-0.15, -0.1) is 0 Å². The van der Waals surface area contributed by atoms with Crippen LogP contribution < -0.4 is 21.7 Å². The van der Waals surface area contributed by atoms with E-state index in [1.165, 1.54) is 7.11 Å². The van der Waals surface area contributed by atoms with E-state index in [0.29, 0.717) is 32.2 Å². The van der Waals surface area contributed by atoms with E-state index in [4.69, 9.17) is 19.9 Å². The number of methoxy groups -OCH3 is 2. The number of nitrogens with zero attached hydrogens (tertiary/aromatic N) is 3. The molecule has 0 saturated carbocycles. The Morgan fingerprint density at radius 2 is 1.48 bits per heavy atom. The molecule has 1 aliphatic heterocycles. The van der Waals surface area contributed by atoms with Crippen LogP contribution in [0.5, 0.6) is 0 Å². The molecule has 1 heterocycles. The molecule has 1 aromatic rings. The lowest BCUT2D eigenvalue weighted by atomic mass is 9.89. The van der Waals surface area contributed by atoms with Crippen molar-refractivity contribution < 1.29 is 43.0 Å². The molecular weight excluding hydrogens is 819 g/mol. The topological polar surface area (TPSA) is 202 Å². The minimum absolute atomic E-state index is 0.0194. The predicted octanol–water partition coefficient (Wildman–Crippen LogP) is 3.39. The van der Waals surface area contributed by atoms with Gasteiger partial charge < -0.3 is 45.7 Å². The van der Waals surface area contributed by atoms with Gasteiger partial charge in [0.15, 0.2) is 0 Å². The summed E-state index contributed by atoms with van der Waals surface area (Å²) in [5, 5.41) is 8.86. The molecule has 10 atom stereocenters. The van der Waals surface area contributed by atoms with Crippen molar-refractivity contribution in [3.8, 4) is 0 Å². The molecule has 64 heavy (non-hydrogen) atoms. The summed E-state index contributed by atoms with van der Waals surface area (Å²) in [6, 6.07) is 5.60. The van der Waals surface area contributed by atoms with Crippen LogP contribution in [0.1, 0.15) is 100.0 Å². The average molecular weight is 902 g/mol. The molecule has 0 unspecified atom stereocenters. The summed E-state index contributed by atoms with van der Waals surface area (Å²) >= 11 is 0. The van der Waals surface area contributed by atoms with Crippen molar-refractivity contribution in [2.45, 2.75) is 149 Å². The van der Waals surface area contributed by atoms with Gasteiger partial charge in [-0.25, -0.2) is 0 Å². The number of carbonyl (C=O) groups is 6. The van der Waals surface area contributed by atoms with Gasteiger partial charge in [-0.2, -0.15) is 0 Å². The number of carbonyl (C=O) groups excluding carboxylic acids is 6. The summed E-state index contributed by atoms with van der Waals surface area (Å²) in [6.45, 7) is 18.0. The van der Waals surface area contributed by atoms with Crippen molar-refractivity contribution >= 4 is 35.5 Å². The highest BCUT2D eigenvalue weighted by molar-refractivity contribution is 5.91. The summed E-state index contributed by atoms with van der Waals surface area (Å²) in [5.74, 6) is -2.99. The first kappa shape index (κ1) is 56.0. The Balaban J connectivity index is 2.25. The zero-order valence-electron chi connectivity index (χ0n) is 41.3. The number of esters is 1. The number of hydrogen-bond acceptors (Lipinski definition) is 11. The molecule has 1 aromatic carbocycles. The monoisotopic (exact) mass is 902 g/mol. The normalized spacial score (nSPS) is 18.4. The third-order valence-corrected chi connectivity index (χ3v) is 12.7. The standard InChI is InChI=1S/C48H83N7O9/c1-15-32(8)42(54(12)47(60)40(30(4)5)52-46(59)41(31(6)7)53(10)11)37(62-13)28-38(56)55-25-19-23-36(55)43(63-14)33(9)44(57)51-35(27-34-21-17-16-18-22-34)45(58)50-24-20-26-64-48(61)39(49)29(2)3/h16-18,21-22,29-33,35-37,39-43H,15,19-20,23-28,49H2,1-14H3,(H,50,58)(H,51,57)(H,52,59)/t32-,33+,35-,36-,37+,39-,40-,41-,42-,43+/m0/s1. The maximum Gasteiger partial charge on any atom is 0.323 e. The summed E-state index contributed by atoms with van der Waals surface area (Å²) in [5.41, 5.74) is 6.73. The average Bonchev–Trinajstić information content (AvgIpc) is 3.73. The van der Waals surface area contributed by atoms with Gasteiger partial charge >= 0.3 is 5.97 Å². The van der Waals surface area contributed by atoms with Crippen molar-refractivity contribution in [2.75, 3.05) is 55.1 Å². The van der Waals surface area contributed by atoms with Crippen LogP contribution in [-0.2, 0) is 49.4 Å². The molecule has 0 bridgehead atoms. The van der Waals surface area contributed by atoms with Crippen molar-refractivity contribution in [3.63, 3.8) is 0 Å². The molecule has 0 aliphatic carbocycles. The highest BCUT2D eigenvalue weighted by atomic mass is 16.5. The molecule has 5 N–H and O–H groups in total. The van der Waals surface area contributed by atoms with E-state index in [9.17, 15) is 28.8 Å². The summed E-state index contributed by atoms with van der Waals surface area (Å²) in [4.78, 5) is 87.3. The third-order valence-electron chi connectivity index (χ3n) is 12.7. The summed E-state index contributed by atoms with van der Waals surface area (Å²) < 4.78 is 17.3. The lowest BCUT2D eigenvalue weighted by Gasteiger charge is -2.41. The van der Waals surface area contributed by atoms with E-state index in [1.807, 2.05) is 105 Å². The number of amides is 5. The first-order valence-electron chi connectivity index (χ1n) is 23.3. The number of hydrogen-bond donors (Lipinski definition) is 4. The molecule has 364 valence electrons. The molecule has 0 aromatic heterocycles. The van der Waals surface area contributed by atoms with E-state index in [1.54, 1.807) is 30.9 Å². The molecule has 5 amide bonds. The van der Waals surface area contributed by atoms with Crippen LogP contribution in [0.2, 0.25) is 0 Å². The van der Waals surface area contributed by atoms with E-state index < -0.39 is 66.3 Å². The van der Waals surface area contributed by atoms with E-state index in [2.05, 4.69) is 16.0 Å². The molecule has 1 saturated heterocycles. The molecule has 1 aliphatic rings. The SMILES string of the molecule is CC[C@H](C)[C@@H]([C@@H](CC(=O)N1CCC[C@H]1[C@H](OC)[C@@H](C)C(=O)N[C@@H](Cc1ccccc1)C(=O)NCCCOC(=O)[C@@H](N)C(C)C)OC)N(C)C(=O)[C@@H](NC(=O)[C@H](C(C)C)N(C)C)C(C)C. The van der Waals surface area contributed by atoms with Crippen LogP contribution in [0.3, 0.4) is 0 Å². The smallest absolute Gasteiger partial charge is 0.323 e. The Kier molecular flexibility index (Phi) is 24.0. The lowest BCUT2D eigenvalue weighted by molar-refractivity contribution is -0.148. The number of rotatable bonds is 27. The van der Waals surface area contributed by atoms with Gasteiger partial charge in [-0.1, -0.05) is 99.1 Å². The van der Waals surface area contributed by atoms with Gasteiger partial charge in [0, 0.05) is 40.8 Å². The van der Waals surface area contributed by atoms with Crippen LogP contribution in [0.4, 0.5) is 0 Å². The summed E-state index contributed by atoms with van der Waals surface area (Å²) in [6.07, 6.45) is 1.23. The number of likely N-dealkylation sites (N-methyl/N-ethyl adjacent to an activating group) is 2. The second kappa shape index (κ2) is 27.4. The quantitative estimate of drug-likeness (QED) is 0.0745. The zero-order valence-corrected chi connectivity index (χ0v) is 41.3. The van der Waals surface area contributed by atoms with Crippen LogP contribution in [-0.4, -0.2) is 154 Å². The zero-order chi connectivity index (χ0) is 48.4. The Bertz CT molecular complexity index is 1620. The number of likely N-dealkylation sites (tertiary alicyclic amines) is 1. The second-order valence-corrected chi connectivity index (χ2v) is 18.8. The van der Waals surface area contributed by atoms with Gasteiger partial charge in [0.25, 0.3) is 0 Å². The molecule has 16 heteroatoms. The number of nitrogens with two attached hydrogens (primary N) is 1. The maximum absolute atomic E-state index is 14.4. The molecule has 2 rings (SSSR count). The minimum atomic E-state index is -0.916. The second-order valence-electron chi connectivity index (χ2n) is 18.8. The Morgan fingerprint density at radius 3 is 2.02 bits per heavy atom. The highest BCUT2D eigenvalue weighted by Gasteiger charge is 2.43. The molecule has 16 nitrogen and oxygen atoms in total. The van der Waals surface area contributed by atoms with Gasteiger partial charge in [0.1, 0.15) is 18.1 Å². The molecule has 0 radical (unpaired) electrons. The lowest BCUT2D eigenvalue weighted by Crippen LogP contribution is -2.59. The number of nitrogens with one attached hydrogen (secondary N) is 3. The van der Waals surface area contributed by atoms with Gasteiger partial charge in [-0.05, 0) is 62.6 Å². The van der Waals surface area contributed by atoms with Crippen LogP contribution in [0, 0.1) is 29.6 Å². The third kappa shape index (κ3) is 16.1. The highest BCUT2D eigenvalue weighted by Crippen LogP contribution is 2.30. The van der Waals surface area contributed by atoms with Gasteiger partial charge in [0.2, 0.25) is 29.5 Å². The Morgan fingerprint density at radius 1 is 0.844 bits per heavy atom. The van der Waals surface area contributed by atoms with E-state index in [-0.39, 0.29) is 73.3 Å². The van der Waals surface area contributed by atoms with Crippen molar-refractivity contribution in [3.05, 3.63) is 35.9 Å². The largest absolute Gasteiger partial charge is 0.464 e. The van der Waals surface area contributed by atoms with E-state index >= 15 is 0 Å². The Labute approximate surface area is 383 Å². The molecular formula is C48H83N7O9. The van der Waals surface area contributed by atoms with Crippen molar-refractivity contribution in [1.29, 1.82) is 0 Å². The fourth-order valence-electron chi connectivity index (χ4n) is 8.72. The summed E-state index contributed by atoms with van der Waals surface area (Å²) in [7, 11) is 8.48. The maximum atomic E-state index is 14.4. The number of benzene rings is 1. The van der Waals surface area contributed by atoms with Crippen LogP contribution >= 0.6 is 0 Å². The fraction of sp³-hybridized carbons (Fsp3) is 0.750. The first-order chi connectivity index (χ1) is 30.1. The first-order valence-corrected chi connectivity index (χ1v) is 23.3.